The monoisotopic (exact) mass is 1620 g/mol. The summed E-state index contributed by atoms with van der Waals surface area (Å²) < 4.78 is 95.7. The lowest BCUT2D eigenvalue weighted by molar-refractivity contribution is -0.660. The molecule has 0 N–H and O–H groups in total. The van der Waals surface area contributed by atoms with Crippen LogP contribution >= 0.6 is 0 Å². The first-order chi connectivity index (χ1) is 62.7. The summed E-state index contributed by atoms with van der Waals surface area (Å²) in [6.07, 6.45) is 19.2. The van der Waals surface area contributed by atoms with E-state index in [2.05, 4.69) is 265 Å². The minimum absolute atomic E-state index is 0.0940. The highest BCUT2D eigenvalue weighted by molar-refractivity contribution is 6.19. The van der Waals surface area contributed by atoms with Gasteiger partial charge >= 0.3 is 0 Å². The maximum atomic E-state index is 9.11. The number of nitrogens with zero attached hydrogens (tertiary/aromatic N) is 4. The maximum absolute atomic E-state index is 9.11. The number of rotatable bonds is 11. The summed E-state index contributed by atoms with van der Waals surface area (Å²) in [5, 5.41) is 18.2. The second-order valence-corrected chi connectivity index (χ2v) is 35.4. The first kappa shape index (κ1) is 71.1. The fourth-order valence-corrected chi connectivity index (χ4v) is 19.9. The van der Waals surface area contributed by atoms with E-state index in [0.717, 1.165) is 259 Å². The van der Waals surface area contributed by atoms with Crippen molar-refractivity contribution in [3.8, 4) is 45.0 Å². The van der Waals surface area contributed by atoms with Crippen LogP contribution in [0.2, 0.25) is 0 Å². The van der Waals surface area contributed by atoms with Crippen molar-refractivity contribution in [2.75, 3.05) is 0 Å². The zero-order valence-corrected chi connectivity index (χ0v) is 72.5. The number of aryl methyl sites for hydroxylation is 8. The molecule has 3 saturated carbocycles. The van der Waals surface area contributed by atoms with E-state index in [4.69, 9.17) is 27.3 Å². The van der Waals surface area contributed by atoms with Crippen LogP contribution in [-0.4, -0.2) is 0 Å². The molecule has 612 valence electrons. The molecule has 0 aliphatic heterocycles. The summed E-state index contributed by atoms with van der Waals surface area (Å²) in [5.41, 5.74) is 24.0. The highest BCUT2D eigenvalue weighted by atomic mass is 16.3. The van der Waals surface area contributed by atoms with Gasteiger partial charge in [-0.3, -0.25) is 0 Å². The summed E-state index contributed by atoms with van der Waals surface area (Å²) in [5.74, 6) is -0.368. The van der Waals surface area contributed by atoms with Crippen LogP contribution in [0.3, 0.4) is 0 Å². The molecule has 0 unspecified atom stereocenters. The fraction of sp³-hybridized carbons (Fsp3) is 0.270. The second kappa shape index (κ2) is 33.4. The van der Waals surface area contributed by atoms with E-state index < -0.39 is 25.0 Å². The third kappa shape index (κ3) is 15.4. The smallest absolute Gasteiger partial charge is 0.212 e. The largest absolute Gasteiger partial charge is 0.455 e. The molecule has 8 heteroatoms. The first-order valence-electron chi connectivity index (χ1n) is 48.1. The van der Waals surface area contributed by atoms with Crippen molar-refractivity contribution < 1.29 is 45.5 Å². The number of hydrogen-bond donors (Lipinski definition) is 0. The normalized spacial score (nSPS) is 15.8. The minimum atomic E-state index is -1.39. The second-order valence-electron chi connectivity index (χ2n) is 35.4. The van der Waals surface area contributed by atoms with Crippen LogP contribution in [-0.2, 0) is 47.3 Å². The lowest BCUT2D eigenvalue weighted by atomic mass is 9.84. The predicted molar refractivity (Wildman–Crippen MR) is 511 cm³/mol. The van der Waals surface area contributed by atoms with Gasteiger partial charge in [-0.1, -0.05) is 212 Å². The van der Waals surface area contributed by atoms with Crippen LogP contribution in [0, 0.1) is 45.4 Å². The molecule has 0 radical (unpaired) electrons. The number of pyridine rings is 4. The number of furan rings is 4. The molecule has 3 aliphatic carbocycles. The van der Waals surface area contributed by atoms with Crippen LogP contribution in [0.15, 0.2) is 285 Å². The molecule has 0 spiro atoms. The van der Waals surface area contributed by atoms with E-state index in [1.165, 1.54) is 45.5 Å². The van der Waals surface area contributed by atoms with E-state index >= 15 is 0 Å². The number of fused-ring (bicyclic) bond motifs is 20. The summed E-state index contributed by atoms with van der Waals surface area (Å²) in [7, 11) is 8.19. The van der Waals surface area contributed by atoms with Crippen LogP contribution in [0.4, 0.5) is 0 Å². The quantitative estimate of drug-likeness (QED) is 0.121. The summed E-state index contributed by atoms with van der Waals surface area (Å²) in [6, 6.07) is 84.4. The van der Waals surface area contributed by atoms with Gasteiger partial charge < -0.3 is 17.7 Å². The van der Waals surface area contributed by atoms with Gasteiger partial charge in [0.25, 0.3) is 0 Å². The molecule has 3 aliphatic rings. The molecule has 0 saturated heterocycles. The van der Waals surface area contributed by atoms with E-state index in [1.54, 1.807) is 0 Å². The summed E-state index contributed by atoms with van der Waals surface area (Å²) >= 11 is 0. The average molecular weight is 1620 g/mol. The van der Waals surface area contributed by atoms with Gasteiger partial charge in [-0.05, 0) is 222 Å². The van der Waals surface area contributed by atoms with Gasteiger partial charge in [-0.2, -0.15) is 0 Å². The highest BCUT2D eigenvalue weighted by Crippen LogP contribution is 2.45. The van der Waals surface area contributed by atoms with E-state index in [1.807, 2.05) is 90.0 Å². The Morgan fingerprint density at radius 2 is 0.585 bits per heavy atom. The van der Waals surface area contributed by atoms with Crippen molar-refractivity contribution in [3.05, 3.63) is 312 Å². The average Bonchev–Trinajstić information content (AvgIpc) is 1.61. The first-order valence-corrected chi connectivity index (χ1v) is 44.6. The zero-order chi connectivity index (χ0) is 90.0. The van der Waals surface area contributed by atoms with Crippen LogP contribution in [0.1, 0.15) is 164 Å². The topological polar surface area (TPSA) is 68.1 Å². The van der Waals surface area contributed by atoms with Crippen LogP contribution in [0.25, 0.3) is 176 Å². The molecular formula is C115H112N4O4+4. The van der Waals surface area contributed by atoms with Crippen molar-refractivity contribution in [2.24, 2.45) is 45.9 Å². The molecule has 123 heavy (non-hydrogen) atoms. The number of benzene rings is 12. The van der Waals surface area contributed by atoms with E-state index in [0.29, 0.717) is 5.56 Å². The van der Waals surface area contributed by atoms with Gasteiger partial charge in [0.15, 0.2) is 24.8 Å². The van der Waals surface area contributed by atoms with Crippen molar-refractivity contribution >= 4 is 131 Å². The molecule has 20 aromatic rings. The van der Waals surface area contributed by atoms with Gasteiger partial charge in [0.1, 0.15) is 72.9 Å². The third-order valence-corrected chi connectivity index (χ3v) is 26.6. The summed E-state index contributed by atoms with van der Waals surface area (Å²) in [4.78, 5) is 0. The van der Waals surface area contributed by atoms with Gasteiger partial charge in [0, 0.05) is 145 Å². The van der Waals surface area contributed by atoms with Gasteiger partial charge in [-0.25, -0.2) is 18.3 Å². The standard InChI is InChI=1S/C30H30NO.2C29H28NO.C27H26NO/c1-20-16-29-27(25-13-12-23-10-6-7-11-24(23)30(25)32-29)19-26(20)28-18-22(14-15-31(28)2)17-21-8-4-3-5-9-21;1-19-15-28-26(24-12-11-22-9-5-6-10-23(22)29(24)31-28)18-25(19)27-17-21(13-14-30(27)2)16-20-7-3-4-8-20;1-19-16-28-26(24-13-12-21-10-6-7-11-23(21)29(24)31-28)18-25(19)27-17-22(14-15-30(27)2)20-8-4-3-5-9-20;1-17(2)13-19-11-12-28(4)25(15-19)23-16-24-22-10-9-20-7-5-6-8-21(20)27(22)29-26(24)14-18(23)3/h6-7,10-16,18-19,21H,3-5,8-9,17H2,1-2H3;5-6,9-15,17-18,20H,3-4,7-8,16H2,1-2H3;6-7,10-18,20H,3-5,8-9H2,1-2H3;5-12,14-17H,13H2,1-4H3/q4*+1/i17D2;16D2;20D;13D2. The molecule has 12 aromatic carbocycles. The lowest BCUT2D eigenvalue weighted by Crippen LogP contribution is -2.31. The van der Waals surface area contributed by atoms with Crippen molar-refractivity contribution in [3.63, 3.8) is 0 Å². The van der Waals surface area contributed by atoms with E-state index in [-0.39, 0.29) is 17.8 Å². The molecule has 0 atom stereocenters. The Hall–Kier alpha value is -12.5. The Morgan fingerprint density at radius 1 is 0.301 bits per heavy atom. The van der Waals surface area contributed by atoms with Gasteiger partial charge in [-0.15, -0.1) is 0 Å². The Morgan fingerprint density at radius 3 is 0.919 bits per heavy atom. The maximum Gasteiger partial charge on any atom is 0.212 e. The zero-order valence-electron chi connectivity index (χ0n) is 79.5. The summed E-state index contributed by atoms with van der Waals surface area (Å²) in [6.45, 7) is 12.3. The molecular weight excluding hydrogens is 1500 g/mol. The molecule has 8 heterocycles. The lowest BCUT2D eigenvalue weighted by Gasteiger charge is -2.21. The fourth-order valence-electron chi connectivity index (χ4n) is 19.9. The Balaban J connectivity index is 0.000000108. The van der Waals surface area contributed by atoms with Crippen molar-refractivity contribution in [1.82, 2.24) is 0 Å². The molecule has 8 aromatic heterocycles. The van der Waals surface area contributed by atoms with Crippen molar-refractivity contribution in [2.45, 2.75) is 156 Å². The Labute approximate surface area is 731 Å². The molecule has 23 rings (SSSR count). The molecule has 0 bridgehead atoms. The number of hydrogen-bond acceptors (Lipinski definition) is 4. The third-order valence-electron chi connectivity index (χ3n) is 26.6. The van der Waals surface area contributed by atoms with Gasteiger partial charge in [0.05, 0.1) is 0 Å². The van der Waals surface area contributed by atoms with Gasteiger partial charge in [0.2, 0.25) is 22.8 Å². The van der Waals surface area contributed by atoms with Crippen molar-refractivity contribution in [1.29, 1.82) is 0 Å². The Kier molecular flexibility index (Phi) is 19.3. The Bertz CT molecular complexity index is 7870. The van der Waals surface area contributed by atoms with Crippen LogP contribution in [0.5, 0.6) is 0 Å². The SMILES string of the molecule is [2H]C([2H])(c1cc[n+](C)c(-c2cc3c(cc2C)oc2c4ccccc4ccc32)c1)C(C)C.[2H]C([2H])(c1cc[n+](C)c(-c2cc3c(cc2C)oc2c4ccccc4ccc32)c1)C1CCCC1.[2H]C([2H])(c1cc[n+](C)c(-c2cc3c(cc2C)oc2c4ccccc4ccc32)c1)C1CCCCC1.[2H]C1(c2cc[n+](C)c(-c3cc4c(cc3C)oc3c5ccccc5ccc43)c2)CCCCC1. The van der Waals surface area contributed by atoms with E-state index in [9.17, 15) is 0 Å². The number of aromatic nitrogens is 4. The molecule has 0 amide bonds. The molecule has 8 nitrogen and oxygen atoms in total. The predicted octanol–water partition coefficient (Wildman–Crippen LogP) is 29.3. The minimum Gasteiger partial charge on any atom is -0.455 e. The highest BCUT2D eigenvalue weighted by Gasteiger charge is 2.28. The van der Waals surface area contributed by atoms with Crippen LogP contribution < -0.4 is 18.3 Å². The molecule has 3 fully saturated rings.